The highest BCUT2D eigenvalue weighted by atomic mass is 32.2. The van der Waals surface area contributed by atoms with Crippen LogP contribution in [0.25, 0.3) is 0 Å². The van der Waals surface area contributed by atoms with Gasteiger partial charge in [0.1, 0.15) is 5.41 Å². The Hall–Kier alpha value is -0.730. The van der Waals surface area contributed by atoms with Gasteiger partial charge in [0.05, 0.1) is 6.07 Å². The van der Waals surface area contributed by atoms with Gasteiger partial charge in [-0.1, -0.05) is 0 Å². The maximum Gasteiger partial charge on any atom is 0.240 e. The van der Waals surface area contributed by atoms with Crippen LogP contribution < -0.4 is 5.32 Å². The number of nitrogens with zero attached hydrogens (tertiary/aromatic N) is 1. The normalized spacial score (nSPS) is 30.3. The average Bonchev–Trinajstić information content (AvgIpc) is 2.48. The van der Waals surface area contributed by atoms with E-state index in [-0.39, 0.29) is 11.9 Å². The van der Waals surface area contributed by atoms with Gasteiger partial charge in [0.25, 0.3) is 0 Å². The molecule has 2 fully saturated rings. The molecule has 0 aromatic rings. The van der Waals surface area contributed by atoms with Gasteiger partial charge in [-0.15, -0.1) is 0 Å². The fraction of sp³-hybridized carbons (Fsp3) is 0.857. The topological polar surface area (TPSA) is 62.1 Å². The largest absolute Gasteiger partial charge is 0.381 e. The third kappa shape index (κ3) is 3.43. The van der Waals surface area contributed by atoms with Gasteiger partial charge in [0.2, 0.25) is 5.91 Å². The van der Waals surface area contributed by atoms with Crippen molar-refractivity contribution in [3.05, 3.63) is 0 Å². The Balaban J connectivity index is 1.88. The van der Waals surface area contributed by atoms with E-state index >= 15 is 0 Å². The second kappa shape index (κ2) is 6.62. The Labute approximate surface area is 119 Å². The van der Waals surface area contributed by atoms with Crippen LogP contribution in [-0.2, 0) is 9.53 Å². The molecule has 0 radical (unpaired) electrons. The first-order chi connectivity index (χ1) is 9.20. The minimum Gasteiger partial charge on any atom is -0.381 e. The van der Waals surface area contributed by atoms with E-state index in [1.807, 2.05) is 11.8 Å². The minimum absolute atomic E-state index is 0.0779. The summed E-state index contributed by atoms with van der Waals surface area (Å²) in [7, 11) is 0. The molecule has 19 heavy (non-hydrogen) atoms. The molecule has 1 amide bonds. The van der Waals surface area contributed by atoms with Crippen molar-refractivity contribution < 1.29 is 9.53 Å². The second-order valence-corrected chi connectivity index (χ2v) is 6.63. The van der Waals surface area contributed by atoms with Crippen LogP contribution in [0.2, 0.25) is 0 Å². The molecule has 1 saturated heterocycles. The van der Waals surface area contributed by atoms with Crippen molar-refractivity contribution in [3.8, 4) is 6.07 Å². The highest BCUT2D eigenvalue weighted by molar-refractivity contribution is 7.99. The molecule has 106 valence electrons. The number of carbonyl (C=O) groups excluding carboxylic acids is 1. The first-order valence-corrected chi connectivity index (χ1v) is 8.32. The molecule has 1 aliphatic heterocycles. The smallest absolute Gasteiger partial charge is 0.240 e. The lowest BCUT2D eigenvalue weighted by atomic mass is 9.80. The van der Waals surface area contributed by atoms with Gasteiger partial charge in [-0.25, -0.2) is 0 Å². The van der Waals surface area contributed by atoms with Gasteiger partial charge in [-0.05, 0) is 44.8 Å². The minimum atomic E-state index is -0.853. The second-order valence-electron chi connectivity index (χ2n) is 5.49. The third-order valence-electron chi connectivity index (χ3n) is 4.34. The van der Waals surface area contributed by atoms with E-state index in [0.29, 0.717) is 26.1 Å². The highest BCUT2D eigenvalue weighted by Crippen LogP contribution is 2.32. The Kier molecular flexibility index (Phi) is 5.12. The van der Waals surface area contributed by atoms with E-state index in [2.05, 4.69) is 17.6 Å². The van der Waals surface area contributed by atoms with Crippen molar-refractivity contribution in [1.29, 1.82) is 5.26 Å². The zero-order chi connectivity index (χ0) is 13.7. The van der Waals surface area contributed by atoms with Gasteiger partial charge >= 0.3 is 0 Å². The van der Waals surface area contributed by atoms with Crippen LogP contribution in [0.1, 0.15) is 38.5 Å². The molecule has 4 nitrogen and oxygen atoms in total. The van der Waals surface area contributed by atoms with E-state index in [4.69, 9.17) is 4.74 Å². The molecule has 1 aliphatic carbocycles. The fourth-order valence-electron chi connectivity index (χ4n) is 2.88. The molecule has 0 bridgehead atoms. The number of ether oxygens (including phenoxy) is 1. The van der Waals surface area contributed by atoms with Crippen molar-refractivity contribution in [1.82, 2.24) is 5.32 Å². The van der Waals surface area contributed by atoms with Crippen LogP contribution in [0.4, 0.5) is 0 Å². The van der Waals surface area contributed by atoms with Crippen molar-refractivity contribution >= 4 is 17.7 Å². The predicted octanol–water partition coefficient (Wildman–Crippen LogP) is 2.10. The van der Waals surface area contributed by atoms with Crippen molar-refractivity contribution in [2.24, 2.45) is 5.41 Å². The van der Waals surface area contributed by atoms with Gasteiger partial charge in [0.15, 0.2) is 0 Å². The molecule has 2 aliphatic rings. The maximum atomic E-state index is 12.4. The Morgan fingerprint density at radius 2 is 1.95 bits per heavy atom. The lowest BCUT2D eigenvalue weighted by Gasteiger charge is -2.33. The van der Waals surface area contributed by atoms with E-state index in [1.165, 1.54) is 0 Å². The number of amides is 1. The van der Waals surface area contributed by atoms with E-state index < -0.39 is 5.41 Å². The zero-order valence-electron chi connectivity index (χ0n) is 11.5. The lowest BCUT2D eigenvalue weighted by molar-refractivity contribution is -0.133. The number of thioether (sulfide) groups is 1. The maximum absolute atomic E-state index is 12.4. The summed E-state index contributed by atoms with van der Waals surface area (Å²) in [4.78, 5) is 12.4. The molecule has 1 N–H and O–H groups in total. The van der Waals surface area contributed by atoms with Gasteiger partial charge in [0, 0.05) is 24.5 Å². The van der Waals surface area contributed by atoms with Crippen LogP contribution in [0.5, 0.6) is 0 Å². The SMILES string of the molecule is CSC1CCC(NC(=O)C2(C#N)CCOCC2)CC1. The fourth-order valence-corrected chi connectivity index (χ4v) is 3.62. The molecule has 1 heterocycles. The summed E-state index contributed by atoms with van der Waals surface area (Å²) in [6, 6.07) is 2.48. The number of rotatable bonds is 3. The number of hydrogen-bond acceptors (Lipinski definition) is 4. The molecule has 0 unspecified atom stereocenters. The number of nitriles is 1. The van der Waals surface area contributed by atoms with E-state index in [9.17, 15) is 10.1 Å². The zero-order valence-corrected chi connectivity index (χ0v) is 12.3. The quantitative estimate of drug-likeness (QED) is 0.861. The summed E-state index contributed by atoms with van der Waals surface area (Å²) in [5.41, 5.74) is -0.853. The molecule has 0 aromatic heterocycles. The summed E-state index contributed by atoms with van der Waals surface area (Å²) >= 11 is 1.92. The molecular weight excluding hydrogens is 260 g/mol. The van der Waals surface area contributed by atoms with Crippen molar-refractivity contribution in [2.45, 2.75) is 49.8 Å². The molecule has 2 rings (SSSR count). The van der Waals surface area contributed by atoms with E-state index in [1.54, 1.807) is 0 Å². The highest BCUT2D eigenvalue weighted by Gasteiger charge is 2.41. The summed E-state index contributed by atoms with van der Waals surface area (Å²) in [6.07, 6.45) is 7.59. The molecule has 0 atom stereocenters. The summed E-state index contributed by atoms with van der Waals surface area (Å²) in [5, 5.41) is 13.2. The summed E-state index contributed by atoms with van der Waals surface area (Å²) < 4.78 is 5.26. The van der Waals surface area contributed by atoms with Crippen LogP contribution in [-0.4, -0.2) is 36.7 Å². The Morgan fingerprint density at radius 1 is 1.32 bits per heavy atom. The Bertz CT molecular complexity index is 353. The molecule has 1 saturated carbocycles. The van der Waals surface area contributed by atoms with Gasteiger partial charge < -0.3 is 10.1 Å². The van der Waals surface area contributed by atoms with Crippen LogP contribution >= 0.6 is 11.8 Å². The molecule has 0 spiro atoms. The predicted molar refractivity (Wildman–Crippen MR) is 75.8 cm³/mol. The van der Waals surface area contributed by atoms with Crippen LogP contribution in [0.3, 0.4) is 0 Å². The van der Waals surface area contributed by atoms with Crippen LogP contribution in [0.15, 0.2) is 0 Å². The van der Waals surface area contributed by atoms with Crippen molar-refractivity contribution in [2.75, 3.05) is 19.5 Å². The first kappa shape index (κ1) is 14.7. The van der Waals surface area contributed by atoms with Crippen LogP contribution in [0, 0.1) is 16.7 Å². The summed E-state index contributed by atoms with van der Waals surface area (Å²) in [5.74, 6) is -0.0779. The van der Waals surface area contributed by atoms with Gasteiger partial charge in [-0.3, -0.25) is 4.79 Å². The number of carbonyl (C=O) groups is 1. The van der Waals surface area contributed by atoms with E-state index in [0.717, 1.165) is 30.9 Å². The molecular formula is C14H22N2O2S. The van der Waals surface area contributed by atoms with Gasteiger partial charge in [-0.2, -0.15) is 17.0 Å². The number of nitrogens with one attached hydrogen (secondary N) is 1. The van der Waals surface area contributed by atoms with Crippen molar-refractivity contribution in [3.63, 3.8) is 0 Å². The summed E-state index contributed by atoms with van der Waals surface area (Å²) in [6.45, 7) is 1.03. The third-order valence-corrected chi connectivity index (χ3v) is 5.48. The molecule has 0 aromatic carbocycles. The standard InChI is InChI=1S/C14H22N2O2S/c1-19-12-4-2-11(3-5-12)16-13(17)14(10-15)6-8-18-9-7-14/h11-12H,2-9H2,1H3,(H,16,17). The Morgan fingerprint density at radius 3 is 2.47 bits per heavy atom. The first-order valence-electron chi connectivity index (χ1n) is 7.03. The number of hydrogen-bond donors (Lipinski definition) is 1. The molecule has 5 heteroatoms. The lowest BCUT2D eigenvalue weighted by Crippen LogP contribution is -2.48. The monoisotopic (exact) mass is 282 g/mol. The average molecular weight is 282 g/mol.